The number of aliphatic carboxylic acids is 1. The Morgan fingerprint density at radius 1 is 1.14 bits per heavy atom. The quantitative estimate of drug-likeness (QED) is 0.308. The molecule has 0 aliphatic heterocycles. The van der Waals surface area contributed by atoms with Gasteiger partial charge in [-0.05, 0) is 36.2 Å². The molecule has 0 bridgehead atoms. The Hall–Kier alpha value is -3.89. The number of carboxylic acids is 1. The number of benzene rings is 1. The Morgan fingerprint density at radius 2 is 1.86 bits per heavy atom. The van der Waals surface area contributed by atoms with Crippen molar-refractivity contribution < 1.29 is 29.2 Å². The zero-order valence-electron chi connectivity index (χ0n) is 20.2. The van der Waals surface area contributed by atoms with Crippen LogP contribution in [0, 0.1) is 5.82 Å². The molecule has 0 aliphatic carbocycles. The smallest absolute Gasteiger partial charge is 0.305 e. The molecule has 0 saturated heterocycles. The number of carbonyl (C=O) groups is 1. The predicted molar refractivity (Wildman–Crippen MR) is 134 cm³/mol. The minimum absolute atomic E-state index is 0.0452. The normalized spacial score (nSPS) is 13.1. The maximum atomic E-state index is 13.6. The highest BCUT2D eigenvalue weighted by molar-refractivity contribution is 5.75. The average molecular weight is 497 g/mol. The Labute approximate surface area is 208 Å². The lowest BCUT2D eigenvalue weighted by atomic mass is 9.97. The molecule has 9 nitrogen and oxygen atoms in total. The van der Waals surface area contributed by atoms with E-state index in [0.29, 0.717) is 40.0 Å². The number of nitrogens with zero attached hydrogens (tertiary/aromatic N) is 3. The highest BCUT2D eigenvalue weighted by atomic mass is 19.1. The van der Waals surface area contributed by atoms with E-state index in [1.807, 2.05) is 13.8 Å². The number of ether oxygens (including phenoxy) is 1. The largest absolute Gasteiger partial charge is 0.481 e. The van der Waals surface area contributed by atoms with Crippen LogP contribution in [-0.4, -0.2) is 55.6 Å². The molecule has 1 aromatic carbocycles. The van der Waals surface area contributed by atoms with Crippen molar-refractivity contribution in [2.45, 2.75) is 44.8 Å². The molecule has 2 atom stereocenters. The first-order valence-electron chi connectivity index (χ1n) is 11.4. The van der Waals surface area contributed by atoms with Gasteiger partial charge in [0.1, 0.15) is 5.82 Å². The first kappa shape index (κ1) is 26.7. The fourth-order valence-corrected chi connectivity index (χ4v) is 3.53. The second-order valence-electron chi connectivity index (χ2n) is 8.48. The number of nitrogens with one attached hydrogen (secondary N) is 1. The molecule has 0 unspecified atom stereocenters. The van der Waals surface area contributed by atoms with Gasteiger partial charge in [0, 0.05) is 23.6 Å². The van der Waals surface area contributed by atoms with E-state index in [0.717, 1.165) is 0 Å². The molecule has 3 rings (SSSR count). The number of aliphatic hydroxyl groups is 2. The summed E-state index contributed by atoms with van der Waals surface area (Å²) in [7, 11) is 1.53. The van der Waals surface area contributed by atoms with E-state index in [1.165, 1.54) is 25.3 Å². The summed E-state index contributed by atoms with van der Waals surface area (Å²) >= 11 is 0. The zero-order valence-corrected chi connectivity index (χ0v) is 20.2. The maximum Gasteiger partial charge on any atom is 0.305 e. The number of pyridine rings is 1. The van der Waals surface area contributed by atoms with E-state index >= 15 is 0 Å². The van der Waals surface area contributed by atoms with Gasteiger partial charge in [0.2, 0.25) is 11.8 Å². The molecular formula is C26H29FN4O5. The number of carboxylic acid groups (broad SMARTS) is 1. The molecule has 0 aliphatic rings. The van der Waals surface area contributed by atoms with Gasteiger partial charge in [-0.1, -0.05) is 26.0 Å². The van der Waals surface area contributed by atoms with Crippen LogP contribution >= 0.6 is 0 Å². The second-order valence-corrected chi connectivity index (χ2v) is 8.48. The SMILES string of the molecule is COc1ccc(Nc2nc(-c3ccc(F)cc3)c(C=C[C@@H](O)C[C@@H](O)CC(=O)O)c(C(C)C)n2)cn1. The summed E-state index contributed by atoms with van der Waals surface area (Å²) in [5, 5.41) is 32.2. The molecule has 0 amide bonds. The molecule has 0 fully saturated rings. The van der Waals surface area contributed by atoms with Crippen LogP contribution in [0.15, 0.2) is 48.7 Å². The maximum absolute atomic E-state index is 13.6. The number of hydrogen-bond donors (Lipinski definition) is 4. The van der Waals surface area contributed by atoms with E-state index in [2.05, 4.69) is 20.3 Å². The van der Waals surface area contributed by atoms with Crippen molar-refractivity contribution in [2.24, 2.45) is 0 Å². The Morgan fingerprint density at radius 3 is 2.44 bits per heavy atom. The van der Waals surface area contributed by atoms with E-state index in [4.69, 9.17) is 9.84 Å². The van der Waals surface area contributed by atoms with Gasteiger partial charge in [0.15, 0.2) is 0 Å². The molecule has 3 aromatic rings. The summed E-state index contributed by atoms with van der Waals surface area (Å²) in [6.07, 6.45) is 1.80. The molecule has 190 valence electrons. The monoisotopic (exact) mass is 496 g/mol. The van der Waals surface area contributed by atoms with Gasteiger partial charge in [0.05, 0.1) is 49.0 Å². The van der Waals surface area contributed by atoms with Crippen LogP contribution in [0.3, 0.4) is 0 Å². The van der Waals surface area contributed by atoms with Gasteiger partial charge < -0.3 is 25.4 Å². The zero-order chi connectivity index (χ0) is 26.2. The molecule has 2 heterocycles. The van der Waals surface area contributed by atoms with Crippen molar-refractivity contribution in [2.75, 3.05) is 12.4 Å². The molecule has 4 N–H and O–H groups in total. The van der Waals surface area contributed by atoms with Crippen LogP contribution in [0.25, 0.3) is 17.3 Å². The van der Waals surface area contributed by atoms with Gasteiger partial charge in [-0.15, -0.1) is 0 Å². The van der Waals surface area contributed by atoms with Crippen LogP contribution < -0.4 is 10.1 Å². The predicted octanol–water partition coefficient (Wildman–Crippen LogP) is 4.15. The molecule has 0 spiro atoms. The van der Waals surface area contributed by atoms with Crippen molar-refractivity contribution in [3.05, 3.63) is 65.7 Å². The summed E-state index contributed by atoms with van der Waals surface area (Å²) in [6, 6.07) is 9.34. The summed E-state index contributed by atoms with van der Waals surface area (Å²) in [5.41, 5.74) is 3.06. The number of methoxy groups -OCH3 is 1. The van der Waals surface area contributed by atoms with E-state index in [9.17, 15) is 19.4 Å². The lowest BCUT2D eigenvalue weighted by molar-refractivity contribution is -0.139. The minimum atomic E-state index is -1.19. The van der Waals surface area contributed by atoms with Gasteiger partial charge in [-0.25, -0.2) is 19.3 Å². The Balaban J connectivity index is 2.02. The first-order valence-corrected chi connectivity index (χ1v) is 11.4. The molecule has 0 radical (unpaired) electrons. The van der Waals surface area contributed by atoms with E-state index < -0.39 is 24.6 Å². The summed E-state index contributed by atoms with van der Waals surface area (Å²) < 4.78 is 18.7. The van der Waals surface area contributed by atoms with Crippen molar-refractivity contribution in [3.63, 3.8) is 0 Å². The highest BCUT2D eigenvalue weighted by Crippen LogP contribution is 2.31. The average Bonchev–Trinajstić information content (AvgIpc) is 2.83. The first-order chi connectivity index (χ1) is 17.2. The fourth-order valence-electron chi connectivity index (χ4n) is 3.53. The summed E-state index contributed by atoms with van der Waals surface area (Å²) in [4.78, 5) is 24.3. The highest BCUT2D eigenvalue weighted by Gasteiger charge is 2.19. The van der Waals surface area contributed by atoms with E-state index in [1.54, 1.807) is 36.5 Å². The van der Waals surface area contributed by atoms with Crippen molar-refractivity contribution >= 4 is 23.7 Å². The number of aromatic nitrogens is 3. The van der Waals surface area contributed by atoms with Crippen molar-refractivity contribution in [3.8, 4) is 17.1 Å². The summed E-state index contributed by atoms with van der Waals surface area (Å²) in [6.45, 7) is 3.92. The third kappa shape index (κ3) is 7.30. The van der Waals surface area contributed by atoms with Gasteiger partial charge in [0.25, 0.3) is 0 Å². The molecule has 10 heteroatoms. The van der Waals surface area contributed by atoms with Crippen LogP contribution in [-0.2, 0) is 4.79 Å². The van der Waals surface area contributed by atoms with Crippen LogP contribution in [0.4, 0.5) is 16.0 Å². The standard InChI is InChI=1S/C26H29FN4O5/c1-15(2)24-21(10-9-19(32)12-20(33)13-23(34)35)25(16-4-6-17(27)7-5-16)31-26(30-24)29-18-8-11-22(36-3)28-14-18/h4-11,14-15,19-20,32-33H,12-13H2,1-3H3,(H,34,35)(H,29,30,31)/t19-,20-/m1/s1. The topological polar surface area (TPSA) is 138 Å². The van der Waals surface area contributed by atoms with Crippen molar-refractivity contribution in [1.29, 1.82) is 0 Å². The number of rotatable bonds is 11. The number of aliphatic hydroxyl groups excluding tert-OH is 2. The number of hydrogen-bond acceptors (Lipinski definition) is 8. The molecule has 2 aromatic heterocycles. The van der Waals surface area contributed by atoms with Gasteiger partial charge >= 0.3 is 5.97 Å². The van der Waals surface area contributed by atoms with Gasteiger partial charge in [-0.3, -0.25) is 4.79 Å². The Bertz CT molecular complexity index is 1200. The third-order valence-electron chi connectivity index (χ3n) is 5.25. The second kappa shape index (κ2) is 12.2. The lowest BCUT2D eigenvalue weighted by Crippen LogP contribution is -2.19. The lowest BCUT2D eigenvalue weighted by Gasteiger charge is -2.17. The molecule has 36 heavy (non-hydrogen) atoms. The van der Waals surface area contributed by atoms with Crippen molar-refractivity contribution in [1.82, 2.24) is 15.0 Å². The number of anilines is 2. The van der Waals surface area contributed by atoms with Gasteiger partial charge in [-0.2, -0.15) is 0 Å². The summed E-state index contributed by atoms with van der Waals surface area (Å²) in [5.74, 6) is -0.818. The Kier molecular flexibility index (Phi) is 9.04. The molecular weight excluding hydrogens is 467 g/mol. The van der Waals surface area contributed by atoms with E-state index in [-0.39, 0.29) is 18.2 Å². The molecule has 0 saturated carbocycles. The van der Waals surface area contributed by atoms with Crippen LogP contribution in [0.1, 0.15) is 43.9 Å². The minimum Gasteiger partial charge on any atom is -0.481 e. The number of halogens is 1. The fraction of sp³-hybridized carbons (Fsp3) is 0.308. The van der Waals surface area contributed by atoms with Crippen LogP contribution in [0.2, 0.25) is 0 Å². The van der Waals surface area contributed by atoms with Crippen LogP contribution in [0.5, 0.6) is 5.88 Å². The third-order valence-corrected chi connectivity index (χ3v) is 5.25.